The Morgan fingerprint density at radius 2 is 1.94 bits per heavy atom. The number of aliphatic hydroxyl groups is 1. The monoisotopic (exact) mass is 473 g/mol. The van der Waals surface area contributed by atoms with Crippen molar-refractivity contribution < 1.29 is 14.7 Å². The Balaban J connectivity index is 1.39. The van der Waals surface area contributed by atoms with E-state index in [0.29, 0.717) is 19.4 Å². The summed E-state index contributed by atoms with van der Waals surface area (Å²) in [5.74, 6) is -0.600. The van der Waals surface area contributed by atoms with Gasteiger partial charge in [0.15, 0.2) is 0 Å². The predicted molar refractivity (Wildman–Crippen MR) is 136 cm³/mol. The summed E-state index contributed by atoms with van der Waals surface area (Å²) in [7, 11) is 0. The molecule has 2 heterocycles. The second kappa shape index (κ2) is 11.0. The number of hydrogen-bond acceptors (Lipinski definition) is 4. The number of aryl methyl sites for hydroxylation is 2. The molecule has 4 rings (SSSR count). The molecule has 0 fully saturated rings. The van der Waals surface area contributed by atoms with E-state index in [2.05, 4.69) is 27.0 Å². The molecule has 0 bridgehead atoms. The van der Waals surface area contributed by atoms with Gasteiger partial charge < -0.3 is 25.3 Å². The molecule has 35 heavy (non-hydrogen) atoms. The number of aromatic nitrogens is 3. The first kappa shape index (κ1) is 24.2. The summed E-state index contributed by atoms with van der Waals surface area (Å²) in [5, 5.41) is 14.4. The average molecular weight is 474 g/mol. The molecule has 0 aliphatic rings. The van der Waals surface area contributed by atoms with Crippen LogP contribution < -0.4 is 11.1 Å². The fourth-order valence-corrected chi connectivity index (χ4v) is 4.33. The third kappa shape index (κ3) is 6.16. The molecule has 4 aromatic rings. The lowest BCUT2D eigenvalue weighted by Gasteiger charge is -2.22. The maximum absolute atomic E-state index is 12.5. The maximum Gasteiger partial charge on any atom is 0.268 e. The highest BCUT2D eigenvalue weighted by molar-refractivity contribution is 5.93. The van der Waals surface area contributed by atoms with Crippen molar-refractivity contribution >= 4 is 28.4 Å². The van der Waals surface area contributed by atoms with Crippen molar-refractivity contribution in [3.8, 4) is 0 Å². The highest BCUT2D eigenvalue weighted by Crippen LogP contribution is 2.24. The zero-order valence-corrected chi connectivity index (χ0v) is 19.8. The molecule has 2 aromatic carbocycles. The Bertz CT molecular complexity index is 1290. The lowest BCUT2D eigenvalue weighted by Crippen LogP contribution is -2.22. The molecule has 2 atom stereocenters. The number of hydrogen-bond donors (Lipinski definition) is 3. The molecule has 0 aliphatic carbocycles. The molecule has 4 N–H and O–H groups in total. The molecule has 8 heteroatoms. The van der Waals surface area contributed by atoms with E-state index < -0.39 is 12.0 Å². The number of benzene rings is 2. The number of carbonyl (C=O) groups is 2. The van der Waals surface area contributed by atoms with Crippen LogP contribution >= 0.6 is 0 Å². The highest BCUT2D eigenvalue weighted by atomic mass is 16.3. The van der Waals surface area contributed by atoms with Crippen molar-refractivity contribution in [3.05, 3.63) is 84.6 Å². The van der Waals surface area contributed by atoms with Gasteiger partial charge in [0.1, 0.15) is 5.69 Å². The van der Waals surface area contributed by atoms with Gasteiger partial charge in [0.05, 0.1) is 24.0 Å². The molecule has 0 saturated heterocycles. The second-order valence-electron chi connectivity index (χ2n) is 8.84. The van der Waals surface area contributed by atoms with Crippen molar-refractivity contribution in [2.24, 2.45) is 5.73 Å². The van der Waals surface area contributed by atoms with E-state index in [4.69, 9.17) is 5.73 Å². The van der Waals surface area contributed by atoms with E-state index >= 15 is 0 Å². The molecular weight excluding hydrogens is 442 g/mol. The third-order valence-electron chi connectivity index (χ3n) is 6.23. The van der Waals surface area contributed by atoms with Gasteiger partial charge in [0.2, 0.25) is 5.91 Å². The van der Waals surface area contributed by atoms with Crippen LogP contribution in [0.1, 0.15) is 48.3 Å². The largest absolute Gasteiger partial charge is 0.391 e. The first-order valence-electron chi connectivity index (χ1n) is 11.8. The summed E-state index contributed by atoms with van der Waals surface area (Å²) in [6, 6.07) is 17.8. The lowest BCUT2D eigenvalue weighted by molar-refractivity contribution is -0.116. The SMILES string of the molecule is C[C@H](O)[C@@H](CCn1ccc2ccc(NC(=O)CCCc3ccccc3)cc21)n1cnc(C(N)=O)c1. The molecule has 8 nitrogen and oxygen atoms in total. The Hall–Kier alpha value is -3.91. The average Bonchev–Trinajstić information content (AvgIpc) is 3.48. The number of primary amides is 1. The molecule has 0 spiro atoms. The first-order chi connectivity index (χ1) is 16.9. The van der Waals surface area contributed by atoms with Crippen LogP contribution in [0.25, 0.3) is 10.9 Å². The Morgan fingerprint density at radius 3 is 2.66 bits per heavy atom. The van der Waals surface area contributed by atoms with Crippen molar-refractivity contribution in [1.29, 1.82) is 0 Å². The van der Waals surface area contributed by atoms with Crippen LogP contribution in [-0.2, 0) is 17.8 Å². The minimum absolute atomic E-state index is 0.00193. The predicted octanol–water partition coefficient (Wildman–Crippen LogP) is 3.91. The highest BCUT2D eigenvalue weighted by Gasteiger charge is 2.19. The van der Waals surface area contributed by atoms with E-state index in [0.717, 1.165) is 29.4 Å². The van der Waals surface area contributed by atoms with Crippen LogP contribution in [0.4, 0.5) is 5.69 Å². The van der Waals surface area contributed by atoms with Gasteiger partial charge in [-0.1, -0.05) is 36.4 Å². The number of aliphatic hydroxyl groups excluding tert-OH is 1. The van der Waals surface area contributed by atoms with Crippen molar-refractivity contribution in [2.45, 2.75) is 51.3 Å². The van der Waals surface area contributed by atoms with Gasteiger partial charge in [0, 0.05) is 31.0 Å². The standard InChI is InChI=1S/C27H31N5O3/c1-19(33)24(32-17-23(27(28)35)29-18-32)13-15-31-14-12-21-10-11-22(16-25(21)31)30-26(34)9-5-8-20-6-3-2-4-7-20/h2-4,6-7,10-12,14,16-19,24,33H,5,8-9,13,15H2,1H3,(H2,28,35)(H,30,34)/t19-,24+/m0/s1. The van der Waals surface area contributed by atoms with Crippen LogP contribution in [0.2, 0.25) is 0 Å². The van der Waals surface area contributed by atoms with E-state index in [1.807, 2.05) is 48.7 Å². The van der Waals surface area contributed by atoms with Crippen molar-refractivity contribution in [2.75, 3.05) is 5.32 Å². The number of nitrogens with two attached hydrogens (primary N) is 1. The maximum atomic E-state index is 12.5. The van der Waals surface area contributed by atoms with E-state index in [1.165, 1.54) is 11.9 Å². The van der Waals surface area contributed by atoms with Crippen molar-refractivity contribution in [3.63, 3.8) is 0 Å². The van der Waals surface area contributed by atoms with Gasteiger partial charge in [-0.15, -0.1) is 0 Å². The summed E-state index contributed by atoms with van der Waals surface area (Å²) in [6.45, 7) is 2.35. The second-order valence-corrected chi connectivity index (χ2v) is 8.84. The molecule has 0 radical (unpaired) electrons. The first-order valence-corrected chi connectivity index (χ1v) is 11.8. The molecule has 0 unspecified atom stereocenters. The Morgan fingerprint density at radius 1 is 1.14 bits per heavy atom. The number of fused-ring (bicyclic) bond motifs is 1. The van der Waals surface area contributed by atoms with Gasteiger partial charge in [-0.05, 0) is 55.3 Å². The molecule has 2 amide bonds. The van der Waals surface area contributed by atoms with Crippen LogP contribution in [-0.4, -0.2) is 37.1 Å². The minimum Gasteiger partial charge on any atom is -0.391 e. The number of carbonyl (C=O) groups excluding carboxylic acids is 2. The molecule has 2 aromatic heterocycles. The van der Waals surface area contributed by atoms with Crippen molar-refractivity contribution in [1.82, 2.24) is 14.1 Å². The third-order valence-corrected chi connectivity index (χ3v) is 6.23. The zero-order chi connectivity index (χ0) is 24.8. The summed E-state index contributed by atoms with van der Waals surface area (Å²) in [5.41, 5.74) is 8.47. The fraction of sp³-hybridized carbons (Fsp3) is 0.296. The molecule has 182 valence electrons. The number of nitrogens with one attached hydrogen (secondary N) is 1. The van der Waals surface area contributed by atoms with Gasteiger partial charge in [-0.25, -0.2) is 4.98 Å². The lowest BCUT2D eigenvalue weighted by atomic mass is 10.1. The van der Waals surface area contributed by atoms with Gasteiger partial charge in [-0.3, -0.25) is 9.59 Å². The number of imidazole rings is 1. The summed E-state index contributed by atoms with van der Waals surface area (Å²) >= 11 is 0. The number of anilines is 1. The summed E-state index contributed by atoms with van der Waals surface area (Å²) in [6.07, 6.45) is 7.19. The number of rotatable bonds is 11. The van der Waals surface area contributed by atoms with Crippen LogP contribution in [0.3, 0.4) is 0 Å². The number of nitrogens with zero attached hydrogens (tertiary/aromatic N) is 3. The Kier molecular flexibility index (Phi) is 7.62. The minimum atomic E-state index is -0.641. The number of amides is 2. The topological polar surface area (TPSA) is 115 Å². The van der Waals surface area contributed by atoms with Crippen LogP contribution in [0, 0.1) is 0 Å². The van der Waals surface area contributed by atoms with Gasteiger partial charge in [-0.2, -0.15) is 0 Å². The van der Waals surface area contributed by atoms with Gasteiger partial charge in [0.25, 0.3) is 5.91 Å². The van der Waals surface area contributed by atoms with Crippen LogP contribution in [0.5, 0.6) is 0 Å². The fourth-order valence-electron chi connectivity index (χ4n) is 4.33. The Labute approximate surface area is 204 Å². The molecule has 0 saturated carbocycles. The summed E-state index contributed by atoms with van der Waals surface area (Å²) < 4.78 is 3.83. The van der Waals surface area contributed by atoms with Crippen LogP contribution in [0.15, 0.2) is 73.3 Å². The quantitative estimate of drug-likeness (QED) is 0.306. The molecular formula is C27H31N5O3. The smallest absolute Gasteiger partial charge is 0.268 e. The van der Waals surface area contributed by atoms with E-state index in [-0.39, 0.29) is 17.6 Å². The van der Waals surface area contributed by atoms with Gasteiger partial charge >= 0.3 is 0 Å². The summed E-state index contributed by atoms with van der Waals surface area (Å²) in [4.78, 5) is 27.9. The zero-order valence-electron chi connectivity index (χ0n) is 19.8. The van der Waals surface area contributed by atoms with E-state index in [9.17, 15) is 14.7 Å². The normalized spacial score (nSPS) is 13.0. The van der Waals surface area contributed by atoms with E-state index in [1.54, 1.807) is 17.7 Å². The molecule has 0 aliphatic heterocycles.